The van der Waals surface area contributed by atoms with Crippen LogP contribution < -0.4 is 11.1 Å². The molecule has 0 unspecified atom stereocenters. The van der Waals surface area contributed by atoms with Gasteiger partial charge in [0.15, 0.2) is 5.78 Å². The number of hydrogen-bond acceptors (Lipinski definition) is 4. The third kappa shape index (κ3) is 2.86. The van der Waals surface area contributed by atoms with Gasteiger partial charge in [-0.15, -0.1) is 0 Å². The van der Waals surface area contributed by atoms with Crippen LogP contribution in [0.1, 0.15) is 20.8 Å². The molecule has 0 aliphatic carbocycles. The number of aryl methyl sites for hydroxylation is 1. The molecule has 98 valence electrons. The summed E-state index contributed by atoms with van der Waals surface area (Å²) in [5.74, 6) is -0.450. The molecular formula is C13H14N4O2. The second-order valence-electron chi connectivity index (χ2n) is 4.00. The van der Waals surface area contributed by atoms with Gasteiger partial charge in [0, 0.05) is 24.5 Å². The van der Waals surface area contributed by atoms with Crippen molar-refractivity contribution in [2.45, 2.75) is 0 Å². The molecule has 3 N–H and O–H groups in total. The van der Waals surface area contributed by atoms with Gasteiger partial charge in [0.05, 0.1) is 6.54 Å². The second-order valence-corrected chi connectivity index (χ2v) is 4.00. The van der Waals surface area contributed by atoms with Crippen molar-refractivity contribution in [1.82, 2.24) is 9.78 Å². The van der Waals surface area contributed by atoms with Crippen LogP contribution in [0.15, 0.2) is 36.5 Å². The number of anilines is 1. The molecule has 0 aliphatic heterocycles. The number of nitrogens with one attached hydrogen (secondary N) is 1. The molecule has 2 aromatic rings. The van der Waals surface area contributed by atoms with Gasteiger partial charge in [0.1, 0.15) is 5.69 Å². The molecule has 0 bridgehead atoms. The molecule has 0 atom stereocenters. The third-order valence-corrected chi connectivity index (χ3v) is 2.68. The van der Waals surface area contributed by atoms with Crippen LogP contribution >= 0.6 is 0 Å². The van der Waals surface area contributed by atoms with Crippen LogP contribution in [0.3, 0.4) is 0 Å². The molecule has 0 spiro atoms. The van der Waals surface area contributed by atoms with E-state index in [1.807, 2.05) is 0 Å². The summed E-state index contributed by atoms with van der Waals surface area (Å²) in [6.45, 7) is -0.0564. The fraction of sp³-hybridized carbons (Fsp3) is 0.154. The van der Waals surface area contributed by atoms with Gasteiger partial charge >= 0.3 is 0 Å². The van der Waals surface area contributed by atoms with E-state index in [4.69, 9.17) is 5.73 Å². The summed E-state index contributed by atoms with van der Waals surface area (Å²) in [6, 6.07) is 8.28. The number of hydrogen-bond donors (Lipinski definition) is 2. The average Bonchev–Trinajstić information content (AvgIpc) is 2.84. The highest BCUT2D eigenvalue weighted by atomic mass is 16.2. The Balaban J connectivity index is 2.18. The molecule has 2 rings (SSSR count). The summed E-state index contributed by atoms with van der Waals surface area (Å²) >= 11 is 0. The molecule has 1 heterocycles. The van der Waals surface area contributed by atoms with Crippen molar-refractivity contribution in [3.63, 3.8) is 0 Å². The van der Waals surface area contributed by atoms with Crippen LogP contribution in [0.2, 0.25) is 0 Å². The zero-order chi connectivity index (χ0) is 13.8. The lowest BCUT2D eigenvalue weighted by atomic mass is 10.1. The van der Waals surface area contributed by atoms with Gasteiger partial charge in [0.25, 0.3) is 5.91 Å². The van der Waals surface area contributed by atoms with E-state index in [-0.39, 0.29) is 18.2 Å². The SMILES string of the molecule is Cn1nccc1C(=O)Nc1cccc(C(=O)CN)c1. The highest BCUT2D eigenvalue weighted by Gasteiger charge is 2.11. The molecule has 0 fully saturated rings. The van der Waals surface area contributed by atoms with Crippen LogP contribution in [0.4, 0.5) is 5.69 Å². The lowest BCUT2D eigenvalue weighted by Crippen LogP contribution is -2.17. The lowest BCUT2D eigenvalue weighted by molar-refractivity contribution is 0.0995. The molecule has 0 radical (unpaired) electrons. The summed E-state index contributed by atoms with van der Waals surface area (Å²) in [6.07, 6.45) is 1.54. The Morgan fingerprint density at radius 2 is 2.16 bits per heavy atom. The lowest BCUT2D eigenvalue weighted by Gasteiger charge is -2.06. The molecule has 6 nitrogen and oxygen atoms in total. The van der Waals surface area contributed by atoms with Crippen LogP contribution in [0.25, 0.3) is 0 Å². The maximum Gasteiger partial charge on any atom is 0.273 e. The number of amides is 1. The fourth-order valence-corrected chi connectivity index (χ4v) is 1.68. The van der Waals surface area contributed by atoms with Gasteiger partial charge in [-0.05, 0) is 18.2 Å². The fourth-order valence-electron chi connectivity index (χ4n) is 1.68. The zero-order valence-corrected chi connectivity index (χ0v) is 10.5. The van der Waals surface area contributed by atoms with Crippen LogP contribution in [-0.2, 0) is 7.05 Å². The Labute approximate surface area is 110 Å². The average molecular weight is 258 g/mol. The molecule has 1 aromatic heterocycles. The topological polar surface area (TPSA) is 90.0 Å². The number of rotatable bonds is 4. The Morgan fingerprint density at radius 1 is 1.37 bits per heavy atom. The molecule has 1 aromatic carbocycles. The van der Waals surface area contributed by atoms with Crippen LogP contribution in [0, 0.1) is 0 Å². The van der Waals surface area contributed by atoms with Gasteiger partial charge < -0.3 is 11.1 Å². The number of ketones is 1. The monoisotopic (exact) mass is 258 g/mol. The first-order valence-corrected chi connectivity index (χ1v) is 5.74. The van der Waals surface area contributed by atoms with Crippen LogP contribution in [-0.4, -0.2) is 28.0 Å². The van der Waals surface area contributed by atoms with Crippen molar-refractivity contribution in [3.05, 3.63) is 47.8 Å². The predicted octanol–water partition coefficient (Wildman–Crippen LogP) is 0.814. The van der Waals surface area contributed by atoms with Crippen molar-refractivity contribution in [3.8, 4) is 0 Å². The zero-order valence-electron chi connectivity index (χ0n) is 10.5. The predicted molar refractivity (Wildman–Crippen MR) is 71.0 cm³/mol. The van der Waals surface area contributed by atoms with Gasteiger partial charge in [-0.25, -0.2) is 0 Å². The maximum absolute atomic E-state index is 12.0. The Morgan fingerprint density at radius 3 is 2.79 bits per heavy atom. The standard InChI is InChI=1S/C13H14N4O2/c1-17-11(5-6-15-17)13(19)16-10-4-2-3-9(7-10)12(18)8-14/h2-7H,8,14H2,1H3,(H,16,19). The van der Waals surface area contributed by atoms with E-state index < -0.39 is 0 Å². The van der Waals surface area contributed by atoms with Gasteiger partial charge in [0.2, 0.25) is 0 Å². The third-order valence-electron chi connectivity index (χ3n) is 2.68. The molecule has 0 saturated carbocycles. The summed E-state index contributed by atoms with van der Waals surface area (Å²) in [5.41, 5.74) is 6.77. The van der Waals surface area contributed by atoms with E-state index in [1.54, 1.807) is 43.6 Å². The van der Waals surface area contributed by atoms with E-state index in [0.29, 0.717) is 16.9 Å². The molecular weight excluding hydrogens is 244 g/mol. The summed E-state index contributed by atoms with van der Waals surface area (Å²) in [5, 5.41) is 6.64. The van der Waals surface area contributed by atoms with Gasteiger partial charge in [-0.1, -0.05) is 12.1 Å². The van der Waals surface area contributed by atoms with Crippen molar-refractivity contribution >= 4 is 17.4 Å². The van der Waals surface area contributed by atoms with Crippen LogP contribution in [0.5, 0.6) is 0 Å². The maximum atomic E-state index is 12.0. The first-order chi connectivity index (χ1) is 9.11. The Bertz CT molecular complexity index is 619. The van der Waals surface area contributed by atoms with Crippen molar-refractivity contribution < 1.29 is 9.59 Å². The first-order valence-electron chi connectivity index (χ1n) is 5.74. The van der Waals surface area contributed by atoms with E-state index in [9.17, 15) is 9.59 Å². The number of carbonyl (C=O) groups excluding carboxylic acids is 2. The minimum absolute atomic E-state index is 0.0564. The highest BCUT2D eigenvalue weighted by Crippen LogP contribution is 2.12. The number of benzene rings is 1. The van der Waals surface area contributed by atoms with Crippen molar-refractivity contribution in [2.24, 2.45) is 12.8 Å². The first kappa shape index (κ1) is 13.0. The Kier molecular flexibility index (Phi) is 3.72. The second kappa shape index (κ2) is 5.45. The minimum atomic E-state index is -0.280. The van der Waals surface area contributed by atoms with Gasteiger partial charge in [-0.2, -0.15) is 5.10 Å². The smallest absolute Gasteiger partial charge is 0.273 e. The molecule has 6 heteroatoms. The largest absolute Gasteiger partial charge is 0.324 e. The quantitative estimate of drug-likeness (QED) is 0.794. The molecule has 0 saturated heterocycles. The number of nitrogens with two attached hydrogens (primary N) is 1. The van der Waals surface area contributed by atoms with E-state index in [1.165, 1.54) is 4.68 Å². The number of aromatic nitrogens is 2. The Hall–Kier alpha value is -2.47. The number of carbonyl (C=O) groups is 2. The van der Waals surface area contributed by atoms with Gasteiger partial charge in [-0.3, -0.25) is 14.3 Å². The van der Waals surface area contributed by atoms with E-state index >= 15 is 0 Å². The van der Waals surface area contributed by atoms with E-state index in [2.05, 4.69) is 10.4 Å². The van der Waals surface area contributed by atoms with Crippen molar-refractivity contribution in [2.75, 3.05) is 11.9 Å². The minimum Gasteiger partial charge on any atom is -0.324 e. The number of nitrogens with zero attached hydrogens (tertiary/aromatic N) is 2. The normalized spacial score (nSPS) is 10.2. The molecule has 19 heavy (non-hydrogen) atoms. The highest BCUT2D eigenvalue weighted by molar-refractivity contribution is 6.04. The van der Waals surface area contributed by atoms with Crippen molar-refractivity contribution in [1.29, 1.82) is 0 Å². The van der Waals surface area contributed by atoms with E-state index in [0.717, 1.165) is 0 Å². The summed E-state index contributed by atoms with van der Waals surface area (Å²) in [4.78, 5) is 23.4. The molecule has 1 amide bonds. The summed E-state index contributed by atoms with van der Waals surface area (Å²) < 4.78 is 1.48. The molecule has 0 aliphatic rings. The summed E-state index contributed by atoms with van der Waals surface area (Å²) in [7, 11) is 1.68. The number of Topliss-reactive ketones (excluding diaryl/α,β-unsaturated/α-hetero) is 1.